The summed E-state index contributed by atoms with van der Waals surface area (Å²) in [6.45, 7) is 1.03. The third kappa shape index (κ3) is 3.77. The Balaban J connectivity index is 1.45. The number of aromatic nitrogens is 1. The van der Waals surface area contributed by atoms with Crippen molar-refractivity contribution in [2.45, 2.75) is 41.9 Å². The van der Waals surface area contributed by atoms with Gasteiger partial charge in [-0.15, -0.1) is 4.83 Å². The molecule has 150 valence electrons. The van der Waals surface area contributed by atoms with E-state index in [-0.39, 0.29) is 15.6 Å². The van der Waals surface area contributed by atoms with Crippen molar-refractivity contribution in [3.63, 3.8) is 0 Å². The Kier molecular flexibility index (Phi) is 5.13. The summed E-state index contributed by atoms with van der Waals surface area (Å²) in [6.07, 6.45) is 5.87. The van der Waals surface area contributed by atoms with Gasteiger partial charge in [-0.2, -0.15) is 4.31 Å². The second-order valence-corrected chi connectivity index (χ2v) is 10.6. The molecule has 1 fully saturated rings. The summed E-state index contributed by atoms with van der Waals surface area (Å²) in [5, 5.41) is 0. The third-order valence-corrected chi connectivity index (χ3v) is 8.26. The molecule has 1 aromatic carbocycles. The van der Waals surface area contributed by atoms with Gasteiger partial charge in [-0.3, -0.25) is 5.43 Å². The number of sulfonamides is 2. The normalized spacial score (nSPS) is 17.6. The maximum atomic E-state index is 12.5. The van der Waals surface area contributed by atoms with Crippen molar-refractivity contribution in [3.05, 3.63) is 47.7 Å². The lowest BCUT2D eigenvalue weighted by Gasteiger charge is -2.15. The van der Waals surface area contributed by atoms with Crippen molar-refractivity contribution in [2.24, 2.45) is 0 Å². The van der Waals surface area contributed by atoms with Gasteiger partial charge in [-0.1, -0.05) is 6.07 Å². The number of hydrogen-bond donors (Lipinski definition) is 2. The van der Waals surface area contributed by atoms with E-state index in [2.05, 4.69) is 15.2 Å². The maximum absolute atomic E-state index is 12.5. The first-order valence-corrected chi connectivity index (χ1v) is 12.1. The highest BCUT2D eigenvalue weighted by molar-refractivity contribution is 7.89. The Morgan fingerprint density at radius 1 is 0.857 bits per heavy atom. The summed E-state index contributed by atoms with van der Waals surface area (Å²) >= 11 is 0. The second-order valence-electron chi connectivity index (χ2n) is 7.00. The molecule has 0 saturated carbocycles. The largest absolute Gasteiger partial charge is 0.292 e. The molecule has 8 nitrogen and oxygen atoms in total. The Hall–Kier alpha value is -2.01. The third-order valence-electron chi connectivity index (χ3n) is 5.13. The number of aryl methyl sites for hydroxylation is 2. The lowest BCUT2D eigenvalue weighted by atomic mass is 10.1. The Labute approximate surface area is 165 Å². The summed E-state index contributed by atoms with van der Waals surface area (Å²) in [7, 11) is -7.30. The fraction of sp³-hybridized carbons (Fsp3) is 0.389. The number of rotatable bonds is 6. The number of anilines is 1. The number of nitrogens with one attached hydrogen (secondary N) is 2. The molecule has 1 aliphatic carbocycles. The van der Waals surface area contributed by atoms with Crippen LogP contribution in [0.5, 0.6) is 0 Å². The van der Waals surface area contributed by atoms with Crippen LogP contribution in [0.3, 0.4) is 0 Å². The maximum Gasteiger partial charge on any atom is 0.257 e. The van der Waals surface area contributed by atoms with Gasteiger partial charge in [0.25, 0.3) is 10.0 Å². The fourth-order valence-corrected chi connectivity index (χ4v) is 5.94. The molecule has 10 heteroatoms. The molecule has 0 unspecified atom stereocenters. The first-order valence-electron chi connectivity index (χ1n) is 9.22. The standard InChI is InChI=1S/C18H22N4O4S2/c23-27(24,16-7-6-14-4-3-5-15(14)12-16)21-20-18-9-8-17(13-19-18)28(25,26)22-10-1-2-11-22/h6-9,12-13,21H,1-5,10-11H2,(H,19,20). The predicted molar refractivity (Wildman–Crippen MR) is 105 cm³/mol. The monoisotopic (exact) mass is 422 g/mol. The Bertz CT molecular complexity index is 1080. The van der Waals surface area contributed by atoms with Gasteiger partial charge in [0.15, 0.2) is 0 Å². The van der Waals surface area contributed by atoms with Crippen LogP contribution in [0.25, 0.3) is 0 Å². The zero-order valence-electron chi connectivity index (χ0n) is 15.3. The molecule has 28 heavy (non-hydrogen) atoms. The van der Waals surface area contributed by atoms with Gasteiger partial charge in [0.1, 0.15) is 10.7 Å². The van der Waals surface area contributed by atoms with Gasteiger partial charge in [-0.05, 0) is 67.5 Å². The molecule has 1 aliphatic heterocycles. The molecule has 0 bridgehead atoms. The zero-order valence-corrected chi connectivity index (χ0v) is 16.9. The van der Waals surface area contributed by atoms with E-state index < -0.39 is 20.0 Å². The molecule has 2 aromatic rings. The van der Waals surface area contributed by atoms with E-state index >= 15 is 0 Å². The van der Waals surface area contributed by atoms with Crippen LogP contribution in [0, 0.1) is 0 Å². The van der Waals surface area contributed by atoms with Gasteiger partial charge in [0.2, 0.25) is 10.0 Å². The second kappa shape index (κ2) is 7.43. The minimum atomic E-state index is -3.76. The molecule has 2 N–H and O–H groups in total. The number of fused-ring (bicyclic) bond motifs is 1. The van der Waals surface area contributed by atoms with E-state index in [1.54, 1.807) is 12.1 Å². The summed E-state index contributed by atoms with van der Waals surface area (Å²) in [5.74, 6) is 0.213. The van der Waals surface area contributed by atoms with Crippen molar-refractivity contribution in [2.75, 3.05) is 18.5 Å². The molecule has 1 saturated heterocycles. The van der Waals surface area contributed by atoms with E-state index in [0.29, 0.717) is 13.1 Å². The van der Waals surface area contributed by atoms with Gasteiger partial charge >= 0.3 is 0 Å². The van der Waals surface area contributed by atoms with E-state index in [1.165, 1.54) is 28.2 Å². The van der Waals surface area contributed by atoms with Crippen LogP contribution in [0.1, 0.15) is 30.4 Å². The molecule has 4 rings (SSSR count). The zero-order chi connectivity index (χ0) is 19.8. The topological polar surface area (TPSA) is 108 Å². The minimum Gasteiger partial charge on any atom is -0.292 e. The number of nitrogens with zero attached hydrogens (tertiary/aromatic N) is 2. The van der Waals surface area contributed by atoms with E-state index in [0.717, 1.165) is 37.7 Å². The SMILES string of the molecule is O=S(=O)(NNc1ccc(S(=O)(=O)N2CCCC2)cn1)c1ccc2c(c1)CCC2. The van der Waals surface area contributed by atoms with E-state index in [9.17, 15) is 16.8 Å². The number of hydrazine groups is 1. The summed E-state index contributed by atoms with van der Waals surface area (Å²) < 4.78 is 51.4. The average Bonchev–Trinajstić information content (AvgIpc) is 3.38. The summed E-state index contributed by atoms with van der Waals surface area (Å²) in [4.78, 5) is 6.61. The van der Waals surface area contributed by atoms with Crippen LogP contribution in [0.15, 0.2) is 46.3 Å². The Morgan fingerprint density at radius 3 is 2.29 bits per heavy atom. The molecule has 0 radical (unpaired) electrons. The van der Waals surface area contributed by atoms with Crippen molar-refractivity contribution < 1.29 is 16.8 Å². The van der Waals surface area contributed by atoms with Crippen LogP contribution in [0.2, 0.25) is 0 Å². The van der Waals surface area contributed by atoms with Gasteiger partial charge in [0, 0.05) is 19.3 Å². The lowest BCUT2D eigenvalue weighted by Crippen LogP contribution is -2.30. The first kappa shape index (κ1) is 19.3. The molecule has 0 atom stereocenters. The van der Waals surface area contributed by atoms with Crippen LogP contribution in [0.4, 0.5) is 5.82 Å². The van der Waals surface area contributed by atoms with Crippen molar-refractivity contribution in [3.8, 4) is 0 Å². The molecule has 2 heterocycles. The first-order chi connectivity index (χ1) is 13.4. The van der Waals surface area contributed by atoms with E-state index in [4.69, 9.17) is 0 Å². The van der Waals surface area contributed by atoms with Crippen molar-refractivity contribution in [1.29, 1.82) is 0 Å². The molecular weight excluding hydrogens is 400 g/mol. The smallest absolute Gasteiger partial charge is 0.257 e. The summed E-state index contributed by atoms with van der Waals surface area (Å²) in [5.41, 5.74) is 4.81. The molecule has 0 spiro atoms. The van der Waals surface area contributed by atoms with Crippen LogP contribution in [-0.4, -0.2) is 39.2 Å². The van der Waals surface area contributed by atoms with Crippen LogP contribution in [-0.2, 0) is 32.9 Å². The highest BCUT2D eigenvalue weighted by atomic mass is 32.2. The van der Waals surface area contributed by atoms with Crippen molar-refractivity contribution in [1.82, 2.24) is 14.1 Å². The van der Waals surface area contributed by atoms with Gasteiger partial charge < -0.3 is 0 Å². The fourth-order valence-electron chi connectivity index (χ4n) is 3.58. The molecule has 2 aliphatic rings. The lowest BCUT2D eigenvalue weighted by molar-refractivity contribution is 0.477. The van der Waals surface area contributed by atoms with Crippen molar-refractivity contribution >= 4 is 25.9 Å². The molecule has 1 aromatic heterocycles. The van der Waals surface area contributed by atoms with Gasteiger partial charge in [-0.25, -0.2) is 21.8 Å². The molecule has 0 amide bonds. The highest BCUT2D eigenvalue weighted by Gasteiger charge is 2.27. The highest BCUT2D eigenvalue weighted by Crippen LogP contribution is 2.25. The number of benzene rings is 1. The van der Waals surface area contributed by atoms with Crippen LogP contribution < -0.4 is 10.3 Å². The summed E-state index contributed by atoms with van der Waals surface area (Å²) in [6, 6.07) is 8.01. The number of pyridine rings is 1. The van der Waals surface area contributed by atoms with E-state index in [1.807, 2.05) is 6.07 Å². The average molecular weight is 423 g/mol. The number of hydrogen-bond acceptors (Lipinski definition) is 6. The van der Waals surface area contributed by atoms with Crippen LogP contribution >= 0.6 is 0 Å². The predicted octanol–water partition coefficient (Wildman–Crippen LogP) is 1.66. The quantitative estimate of drug-likeness (QED) is 0.686. The van der Waals surface area contributed by atoms with Gasteiger partial charge in [0.05, 0.1) is 4.90 Å². The molecular formula is C18H22N4O4S2. The minimum absolute atomic E-state index is 0.0985. The Morgan fingerprint density at radius 2 is 1.57 bits per heavy atom.